The molecular formula is C13H20N2O4. The van der Waals surface area contributed by atoms with E-state index in [4.69, 9.17) is 4.74 Å². The van der Waals surface area contributed by atoms with Crippen LogP contribution in [-0.4, -0.2) is 35.8 Å². The lowest BCUT2D eigenvalue weighted by Gasteiger charge is -2.21. The van der Waals surface area contributed by atoms with Crippen molar-refractivity contribution in [2.24, 2.45) is 0 Å². The van der Waals surface area contributed by atoms with Gasteiger partial charge in [0.1, 0.15) is 5.75 Å². The van der Waals surface area contributed by atoms with Gasteiger partial charge in [0, 0.05) is 31.4 Å². The molecule has 0 amide bonds. The van der Waals surface area contributed by atoms with Crippen molar-refractivity contribution in [2.75, 3.05) is 18.5 Å². The number of aliphatic hydroxyl groups excluding tert-OH is 1. The van der Waals surface area contributed by atoms with Gasteiger partial charge in [0.2, 0.25) is 0 Å². The highest BCUT2D eigenvalue weighted by atomic mass is 16.6. The zero-order valence-corrected chi connectivity index (χ0v) is 11.7. The molecule has 1 aromatic rings. The number of nitrogens with zero attached hydrogens (tertiary/aromatic N) is 2. The molecule has 1 aromatic carbocycles. The third-order valence-electron chi connectivity index (χ3n) is 2.44. The van der Waals surface area contributed by atoms with Gasteiger partial charge in [0.25, 0.3) is 5.69 Å². The van der Waals surface area contributed by atoms with Gasteiger partial charge >= 0.3 is 0 Å². The van der Waals surface area contributed by atoms with E-state index in [1.165, 1.54) is 12.1 Å². The van der Waals surface area contributed by atoms with Gasteiger partial charge in [-0.15, -0.1) is 0 Å². The molecular weight excluding hydrogens is 248 g/mol. The number of benzene rings is 1. The van der Waals surface area contributed by atoms with Crippen LogP contribution in [0.15, 0.2) is 18.2 Å². The smallest absolute Gasteiger partial charge is 0.275 e. The Morgan fingerprint density at radius 2 is 2.00 bits per heavy atom. The third-order valence-corrected chi connectivity index (χ3v) is 2.44. The number of ether oxygens (including phenoxy) is 1. The molecule has 1 atom stereocenters. The van der Waals surface area contributed by atoms with Crippen LogP contribution in [0.5, 0.6) is 5.75 Å². The SMILES string of the molecule is CC(O)CN(C)c1cc(OC(C)C)cc([N+](=O)[O-])c1. The van der Waals surface area contributed by atoms with E-state index in [0.717, 1.165) is 0 Å². The van der Waals surface area contributed by atoms with Crippen molar-refractivity contribution in [3.05, 3.63) is 28.3 Å². The van der Waals surface area contributed by atoms with Crippen molar-refractivity contribution in [2.45, 2.75) is 33.0 Å². The predicted octanol–water partition coefficient (Wildman–Crippen LogP) is 2.20. The van der Waals surface area contributed by atoms with Crippen molar-refractivity contribution in [3.63, 3.8) is 0 Å². The summed E-state index contributed by atoms with van der Waals surface area (Å²) in [6.07, 6.45) is -0.573. The predicted molar refractivity (Wildman–Crippen MR) is 73.8 cm³/mol. The van der Waals surface area contributed by atoms with Crippen LogP contribution in [0.1, 0.15) is 20.8 Å². The maximum Gasteiger partial charge on any atom is 0.275 e. The van der Waals surface area contributed by atoms with E-state index in [0.29, 0.717) is 18.0 Å². The fraction of sp³-hybridized carbons (Fsp3) is 0.538. The number of non-ortho nitro benzene ring substituents is 1. The number of hydrogen-bond donors (Lipinski definition) is 1. The summed E-state index contributed by atoms with van der Waals surface area (Å²) in [5.74, 6) is 0.455. The van der Waals surface area contributed by atoms with Crippen LogP contribution < -0.4 is 9.64 Å². The van der Waals surface area contributed by atoms with Gasteiger partial charge in [0.15, 0.2) is 0 Å². The molecule has 0 fully saturated rings. The maximum absolute atomic E-state index is 10.9. The van der Waals surface area contributed by atoms with Gasteiger partial charge < -0.3 is 14.7 Å². The van der Waals surface area contributed by atoms with E-state index in [9.17, 15) is 15.2 Å². The first kappa shape index (κ1) is 15.2. The van der Waals surface area contributed by atoms with E-state index in [2.05, 4.69) is 0 Å². The summed E-state index contributed by atoms with van der Waals surface area (Å²) in [6.45, 7) is 5.78. The number of likely N-dealkylation sites (N-methyl/N-ethyl adjacent to an activating group) is 1. The molecule has 1 rings (SSSR count). The lowest BCUT2D eigenvalue weighted by atomic mass is 10.2. The summed E-state index contributed by atoms with van der Waals surface area (Å²) in [6, 6.07) is 4.60. The Hall–Kier alpha value is -1.82. The first-order valence-corrected chi connectivity index (χ1v) is 6.15. The van der Waals surface area contributed by atoms with Crippen molar-refractivity contribution in [3.8, 4) is 5.75 Å². The number of nitro groups is 1. The fourth-order valence-electron chi connectivity index (χ4n) is 1.74. The Balaban J connectivity index is 3.08. The Labute approximate surface area is 112 Å². The second-order valence-electron chi connectivity index (χ2n) is 4.84. The molecule has 6 nitrogen and oxygen atoms in total. The lowest BCUT2D eigenvalue weighted by molar-refractivity contribution is -0.384. The minimum Gasteiger partial charge on any atom is -0.491 e. The van der Waals surface area contributed by atoms with Crippen molar-refractivity contribution < 1.29 is 14.8 Å². The zero-order chi connectivity index (χ0) is 14.6. The van der Waals surface area contributed by atoms with Gasteiger partial charge in [-0.2, -0.15) is 0 Å². The molecule has 6 heteroatoms. The highest BCUT2D eigenvalue weighted by molar-refractivity contribution is 5.57. The average molecular weight is 268 g/mol. The molecule has 0 spiro atoms. The molecule has 0 bridgehead atoms. The Morgan fingerprint density at radius 3 is 2.47 bits per heavy atom. The van der Waals surface area contributed by atoms with Crippen LogP contribution >= 0.6 is 0 Å². The van der Waals surface area contributed by atoms with Crippen LogP contribution in [0.4, 0.5) is 11.4 Å². The van der Waals surface area contributed by atoms with E-state index in [1.807, 2.05) is 13.8 Å². The standard InChI is InChI=1S/C13H20N2O4/c1-9(2)19-13-6-11(14(4)8-10(3)16)5-12(7-13)15(17)18/h5-7,9-10,16H,8H2,1-4H3. The van der Waals surface area contributed by atoms with Crippen LogP contribution in [0.2, 0.25) is 0 Å². The molecule has 0 aromatic heterocycles. The number of rotatable bonds is 6. The largest absolute Gasteiger partial charge is 0.491 e. The van der Waals surface area contributed by atoms with Crippen LogP contribution in [0.3, 0.4) is 0 Å². The van der Waals surface area contributed by atoms with E-state index in [1.54, 1.807) is 24.9 Å². The van der Waals surface area contributed by atoms with Gasteiger partial charge in [-0.05, 0) is 20.8 Å². The molecule has 19 heavy (non-hydrogen) atoms. The van der Waals surface area contributed by atoms with Crippen LogP contribution in [0.25, 0.3) is 0 Å². The Kier molecular flexibility index (Phi) is 5.11. The second kappa shape index (κ2) is 6.38. The van der Waals surface area contributed by atoms with E-state index < -0.39 is 11.0 Å². The van der Waals surface area contributed by atoms with Gasteiger partial charge in [-0.1, -0.05) is 0 Å². The highest BCUT2D eigenvalue weighted by Crippen LogP contribution is 2.28. The minimum atomic E-state index is -0.515. The monoisotopic (exact) mass is 268 g/mol. The first-order chi connectivity index (χ1) is 8.79. The normalized spacial score (nSPS) is 12.3. The molecule has 106 valence electrons. The molecule has 0 aliphatic heterocycles. The van der Waals surface area contributed by atoms with Gasteiger partial charge in [0.05, 0.1) is 23.2 Å². The third kappa shape index (κ3) is 4.75. The summed E-state index contributed by atoms with van der Waals surface area (Å²) >= 11 is 0. The topological polar surface area (TPSA) is 75.8 Å². The summed E-state index contributed by atoms with van der Waals surface area (Å²) in [5.41, 5.74) is 0.622. The number of aliphatic hydroxyl groups is 1. The Morgan fingerprint density at radius 1 is 1.37 bits per heavy atom. The lowest BCUT2D eigenvalue weighted by Crippen LogP contribution is -2.26. The van der Waals surface area contributed by atoms with Crippen molar-refractivity contribution in [1.82, 2.24) is 0 Å². The van der Waals surface area contributed by atoms with Crippen LogP contribution in [-0.2, 0) is 0 Å². The molecule has 0 radical (unpaired) electrons. The summed E-state index contributed by atoms with van der Waals surface area (Å²) < 4.78 is 5.51. The molecule has 1 unspecified atom stereocenters. The summed E-state index contributed by atoms with van der Waals surface area (Å²) in [5, 5.41) is 20.3. The molecule has 0 saturated carbocycles. The molecule has 1 N–H and O–H groups in total. The first-order valence-electron chi connectivity index (χ1n) is 6.15. The average Bonchev–Trinajstić information content (AvgIpc) is 2.26. The molecule has 0 aliphatic rings. The van der Waals surface area contributed by atoms with E-state index >= 15 is 0 Å². The van der Waals surface area contributed by atoms with Gasteiger partial charge in [-0.3, -0.25) is 10.1 Å². The fourth-order valence-corrected chi connectivity index (χ4v) is 1.74. The summed E-state index contributed by atoms with van der Waals surface area (Å²) in [7, 11) is 1.77. The highest BCUT2D eigenvalue weighted by Gasteiger charge is 2.14. The quantitative estimate of drug-likeness (QED) is 0.632. The Bertz CT molecular complexity index is 446. The summed E-state index contributed by atoms with van der Waals surface area (Å²) in [4.78, 5) is 12.2. The molecule has 0 heterocycles. The van der Waals surface area contributed by atoms with Crippen LogP contribution in [0, 0.1) is 10.1 Å². The maximum atomic E-state index is 10.9. The molecule has 0 saturated heterocycles. The van der Waals surface area contributed by atoms with Crippen molar-refractivity contribution >= 4 is 11.4 Å². The number of nitro benzene ring substituents is 1. The minimum absolute atomic E-state index is 0.0226. The van der Waals surface area contributed by atoms with Gasteiger partial charge in [-0.25, -0.2) is 0 Å². The zero-order valence-electron chi connectivity index (χ0n) is 11.7. The number of hydrogen-bond acceptors (Lipinski definition) is 5. The van der Waals surface area contributed by atoms with E-state index in [-0.39, 0.29) is 11.8 Å². The molecule has 0 aliphatic carbocycles. The second-order valence-corrected chi connectivity index (χ2v) is 4.84. The van der Waals surface area contributed by atoms with Crippen molar-refractivity contribution in [1.29, 1.82) is 0 Å². The number of anilines is 1.